The fraction of sp³-hybridized carbons (Fsp3) is 0.438. The van der Waals surface area contributed by atoms with Gasteiger partial charge in [-0.05, 0) is 18.1 Å². The van der Waals surface area contributed by atoms with Crippen LogP contribution in [0.1, 0.15) is 33.6 Å². The largest absolute Gasteiger partial charge is 0.508 e. The molecule has 2 N–H and O–H groups in total. The molecule has 0 heterocycles. The molecule has 1 amide bonds. The molecule has 0 radical (unpaired) electrons. The number of hydrogen-bond acceptors (Lipinski definition) is 4. The Morgan fingerprint density at radius 3 is 2.27 bits per heavy atom. The summed E-state index contributed by atoms with van der Waals surface area (Å²) in [5, 5.41) is 18.3. The molecule has 0 saturated heterocycles. The SMILES string of the molecule is CC(=O)N(c1cccc(O)c1)C(C(=O)CCC(=O)O)C(C)C. The Hall–Kier alpha value is -2.37. The summed E-state index contributed by atoms with van der Waals surface area (Å²) < 4.78 is 0. The van der Waals surface area contributed by atoms with Crippen molar-refractivity contribution in [2.24, 2.45) is 5.92 Å². The van der Waals surface area contributed by atoms with Gasteiger partial charge in [0.1, 0.15) is 5.75 Å². The molecule has 0 aliphatic rings. The number of carboxylic acid groups (broad SMARTS) is 1. The van der Waals surface area contributed by atoms with Gasteiger partial charge in [-0.15, -0.1) is 0 Å². The van der Waals surface area contributed by atoms with Crippen LogP contribution < -0.4 is 4.90 Å². The molecule has 1 rings (SSSR count). The lowest BCUT2D eigenvalue weighted by molar-refractivity contribution is -0.138. The quantitative estimate of drug-likeness (QED) is 0.805. The van der Waals surface area contributed by atoms with Gasteiger partial charge >= 0.3 is 5.97 Å². The maximum Gasteiger partial charge on any atom is 0.303 e. The first kappa shape index (κ1) is 17.7. The van der Waals surface area contributed by atoms with Crippen molar-refractivity contribution < 1.29 is 24.6 Å². The van der Waals surface area contributed by atoms with Crippen LogP contribution >= 0.6 is 0 Å². The van der Waals surface area contributed by atoms with Gasteiger partial charge in [0, 0.05) is 25.1 Å². The minimum Gasteiger partial charge on any atom is -0.508 e. The van der Waals surface area contributed by atoms with Crippen molar-refractivity contribution >= 4 is 23.3 Å². The van der Waals surface area contributed by atoms with Crippen molar-refractivity contribution in [1.82, 2.24) is 0 Å². The van der Waals surface area contributed by atoms with Crippen LogP contribution in [0.25, 0.3) is 0 Å². The number of aromatic hydroxyl groups is 1. The van der Waals surface area contributed by atoms with Gasteiger partial charge in [0.05, 0.1) is 12.5 Å². The number of nitrogens with zero attached hydrogens (tertiary/aromatic N) is 1. The number of Topliss-reactive ketones (excluding diaryl/α,β-unsaturated/α-hetero) is 1. The van der Waals surface area contributed by atoms with Gasteiger partial charge in [0.25, 0.3) is 0 Å². The maximum absolute atomic E-state index is 12.4. The minimum absolute atomic E-state index is 0.00996. The molecular weight excluding hydrogens is 286 g/mol. The first-order valence-electron chi connectivity index (χ1n) is 7.07. The van der Waals surface area contributed by atoms with Crippen molar-refractivity contribution in [3.63, 3.8) is 0 Å². The number of carboxylic acids is 1. The number of anilines is 1. The molecule has 0 aliphatic carbocycles. The summed E-state index contributed by atoms with van der Waals surface area (Å²) in [6.07, 6.45) is -0.408. The maximum atomic E-state index is 12.4. The van der Waals surface area contributed by atoms with E-state index in [9.17, 15) is 19.5 Å². The second-order valence-electron chi connectivity index (χ2n) is 5.46. The molecule has 0 saturated carbocycles. The number of phenolic OH excluding ortho intramolecular Hbond substituents is 1. The number of aliphatic carboxylic acids is 1. The first-order chi connectivity index (χ1) is 10.2. The Balaban J connectivity index is 3.15. The Labute approximate surface area is 129 Å². The Morgan fingerprint density at radius 2 is 1.82 bits per heavy atom. The first-order valence-corrected chi connectivity index (χ1v) is 7.07. The molecule has 6 nitrogen and oxygen atoms in total. The third-order valence-corrected chi connectivity index (χ3v) is 3.27. The zero-order chi connectivity index (χ0) is 16.9. The number of hydrogen-bond donors (Lipinski definition) is 2. The summed E-state index contributed by atoms with van der Waals surface area (Å²) in [7, 11) is 0. The molecule has 1 atom stereocenters. The summed E-state index contributed by atoms with van der Waals surface area (Å²) >= 11 is 0. The third kappa shape index (κ3) is 4.58. The Morgan fingerprint density at radius 1 is 1.18 bits per heavy atom. The summed E-state index contributed by atoms with van der Waals surface area (Å²) in [6, 6.07) is 5.32. The molecule has 1 aromatic carbocycles. The molecule has 1 unspecified atom stereocenters. The molecule has 6 heteroatoms. The number of benzene rings is 1. The fourth-order valence-corrected chi connectivity index (χ4v) is 2.37. The van der Waals surface area contributed by atoms with Crippen molar-refractivity contribution in [2.75, 3.05) is 4.90 Å². The molecule has 0 aliphatic heterocycles. The van der Waals surface area contributed by atoms with E-state index in [1.807, 2.05) is 0 Å². The van der Waals surface area contributed by atoms with E-state index in [1.165, 1.54) is 24.0 Å². The zero-order valence-electron chi connectivity index (χ0n) is 12.9. The average molecular weight is 307 g/mol. The molecule has 1 aromatic rings. The van der Waals surface area contributed by atoms with Gasteiger partial charge in [-0.25, -0.2) is 0 Å². The van der Waals surface area contributed by atoms with E-state index in [2.05, 4.69) is 0 Å². The van der Waals surface area contributed by atoms with Gasteiger partial charge < -0.3 is 15.1 Å². The highest BCUT2D eigenvalue weighted by molar-refractivity contribution is 6.01. The second kappa shape index (κ2) is 7.59. The van der Waals surface area contributed by atoms with Crippen LogP contribution in [0.15, 0.2) is 24.3 Å². The van der Waals surface area contributed by atoms with Gasteiger partial charge in [0.15, 0.2) is 5.78 Å². The van der Waals surface area contributed by atoms with Crippen molar-refractivity contribution in [2.45, 2.75) is 39.7 Å². The van der Waals surface area contributed by atoms with Crippen LogP contribution in [0.2, 0.25) is 0 Å². The van der Waals surface area contributed by atoms with Gasteiger partial charge in [0.2, 0.25) is 5.91 Å². The monoisotopic (exact) mass is 307 g/mol. The molecule has 0 fully saturated rings. The van der Waals surface area contributed by atoms with E-state index in [0.717, 1.165) is 0 Å². The number of amides is 1. The molecular formula is C16H21NO5. The predicted molar refractivity (Wildman–Crippen MR) is 81.8 cm³/mol. The topological polar surface area (TPSA) is 94.9 Å². The van der Waals surface area contributed by atoms with Crippen LogP contribution in [0.4, 0.5) is 5.69 Å². The average Bonchev–Trinajstić information content (AvgIpc) is 2.41. The van der Waals surface area contributed by atoms with E-state index < -0.39 is 12.0 Å². The lowest BCUT2D eigenvalue weighted by Crippen LogP contribution is -2.47. The predicted octanol–water partition coefficient (Wildman–Crippen LogP) is 2.20. The smallest absolute Gasteiger partial charge is 0.303 e. The lowest BCUT2D eigenvalue weighted by atomic mass is 9.94. The van der Waals surface area contributed by atoms with Crippen molar-refractivity contribution in [3.8, 4) is 5.75 Å². The fourth-order valence-electron chi connectivity index (χ4n) is 2.37. The number of carbonyl (C=O) groups is 3. The zero-order valence-corrected chi connectivity index (χ0v) is 12.9. The lowest BCUT2D eigenvalue weighted by Gasteiger charge is -2.32. The van der Waals surface area contributed by atoms with E-state index in [0.29, 0.717) is 5.69 Å². The molecule has 0 bridgehead atoms. The molecule has 22 heavy (non-hydrogen) atoms. The summed E-state index contributed by atoms with van der Waals surface area (Å²) in [4.78, 5) is 36.4. The molecule has 0 spiro atoms. The minimum atomic E-state index is -1.05. The Kier molecular flexibility index (Phi) is 6.10. The van der Waals surface area contributed by atoms with Gasteiger partial charge in [-0.2, -0.15) is 0 Å². The van der Waals surface area contributed by atoms with E-state index in [1.54, 1.807) is 26.0 Å². The van der Waals surface area contributed by atoms with Gasteiger partial charge in [-0.1, -0.05) is 19.9 Å². The standard InChI is InChI=1S/C16H21NO5/c1-10(2)16(14(20)7-8-15(21)22)17(11(3)18)12-5-4-6-13(19)9-12/h4-6,9-10,16,19H,7-8H2,1-3H3,(H,21,22). The third-order valence-electron chi connectivity index (χ3n) is 3.27. The highest BCUT2D eigenvalue weighted by Crippen LogP contribution is 2.26. The summed E-state index contributed by atoms with van der Waals surface area (Å²) in [6.45, 7) is 4.92. The van der Waals surface area contributed by atoms with E-state index in [-0.39, 0.29) is 36.2 Å². The van der Waals surface area contributed by atoms with Crippen LogP contribution in [-0.4, -0.2) is 33.9 Å². The Bertz CT molecular complexity index is 567. The summed E-state index contributed by atoms with van der Waals surface area (Å²) in [5.41, 5.74) is 0.412. The van der Waals surface area contributed by atoms with Crippen molar-refractivity contribution in [3.05, 3.63) is 24.3 Å². The summed E-state index contributed by atoms with van der Waals surface area (Å²) in [5.74, 6) is -1.90. The number of phenols is 1. The number of ketones is 1. The molecule has 0 aromatic heterocycles. The number of rotatable bonds is 7. The van der Waals surface area contributed by atoms with Crippen molar-refractivity contribution in [1.29, 1.82) is 0 Å². The van der Waals surface area contributed by atoms with Crippen LogP contribution in [-0.2, 0) is 14.4 Å². The van der Waals surface area contributed by atoms with Gasteiger partial charge in [-0.3, -0.25) is 14.4 Å². The normalized spacial score (nSPS) is 12.0. The number of carbonyl (C=O) groups excluding carboxylic acids is 2. The highest BCUT2D eigenvalue weighted by atomic mass is 16.4. The van der Waals surface area contributed by atoms with E-state index >= 15 is 0 Å². The second-order valence-corrected chi connectivity index (χ2v) is 5.46. The van der Waals surface area contributed by atoms with Crippen LogP contribution in [0.3, 0.4) is 0 Å². The molecule has 120 valence electrons. The van der Waals surface area contributed by atoms with Crippen LogP contribution in [0.5, 0.6) is 5.75 Å². The van der Waals surface area contributed by atoms with E-state index in [4.69, 9.17) is 5.11 Å². The highest BCUT2D eigenvalue weighted by Gasteiger charge is 2.31. The van der Waals surface area contributed by atoms with Crippen LogP contribution in [0, 0.1) is 5.92 Å².